The molecule has 0 amide bonds. The first-order chi connectivity index (χ1) is 7.59. The zero-order chi connectivity index (χ0) is 11.7. The van der Waals surface area contributed by atoms with Gasteiger partial charge in [0, 0.05) is 5.56 Å². The number of carboxylic acid groups (broad SMARTS) is 1. The van der Waals surface area contributed by atoms with Crippen molar-refractivity contribution in [2.45, 2.75) is 6.92 Å². The first kappa shape index (κ1) is 10.2. The Kier molecular flexibility index (Phi) is 2.36. The third kappa shape index (κ3) is 1.63. The second-order valence-electron chi connectivity index (χ2n) is 3.32. The van der Waals surface area contributed by atoms with Crippen LogP contribution in [-0.2, 0) is 0 Å². The monoisotopic (exact) mass is 219 g/mol. The van der Waals surface area contributed by atoms with E-state index in [9.17, 15) is 9.90 Å². The first-order valence-corrected chi connectivity index (χ1v) is 4.58. The number of hydrogen-bond donors (Lipinski definition) is 2. The molecule has 0 radical (unpaired) electrons. The average molecular weight is 219 g/mol. The van der Waals surface area contributed by atoms with Gasteiger partial charge in [0.2, 0.25) is 0 Å². The molecule has 2 rings (SSSR count). The fourth-order valence-electron chi connectivity index (χ4n) is 1.47. The van der Waals surface area contributed by atoms with Gasteiger partial charge in [-0.15, -0.1) is 0 Å². The summed E-state index contributed by atoms with van der Waals surface area (Å²) in [7, 11) is 0. The van der Waals surface area contributed by atoms with Gasteiger partial charge in [0.1, 0.15) is 22.8 Å². The molecule has 1 aromatic carbocycles. The van der Waals surface area contributed by atoms with E-state index in [1.54, 1.807) is 12.1 Å². The molecule has 1 aromatic heterocycles. The van der Waals surface area contributed by atoms with Crippen molar-refractivity contribution in [1.29, 1.82) is 0 Å². The van der Waals surface area contributed by atoms with E-state index in [4.69, 9.17) is 9.63 Å². The second kappa shape index (κ2) is 3.69. The summed E-state index contributed by atoms with van der Waals surface area (Å²) in [4.78, 5) is 11.0. The number of nitrogens with zero attached hydrogens (tertiary/aromatic N) is 1. The largest absolute Gasteiger partial charge is 0.508 e. The Labute approximate surface area is 90.9 Å². The Morgan fingerprint density at radius 3 is 2.81 bits per heavy atom. The summed E-state index contributed by atoms with van der Waals surface area (Å²) in [5.41, 5.74) is 0.751. The predicted molar refractivity (Wildman–Crippen MR) is 55.3 cm³/mol. The van der Waals surface area contributed by atoms with Crippen LogP contribution in [0.5, 0.6) is 5.75 Å². The van der Waals surface area contributed by atoms with Crippen molar-refractivity contribution in [3.05, 3.63) is 35.6 Å². The van der Waals surface area contributed by atoms with Gasteiger partial charge >= 0.3 is 5.97 Å². The topological polar surface area (TPSA) is 83.6 Å². The van der Waals surface area contributed by atoms with E-state index in [1.807, 2.05) is 0 Å². The number of aromatic hydroxyl groups is 1. The number of aromatic carboxylic acids is 1. The lowest BCUT2D eigenvalue weighted by Crippen LogP contribution is -1.99. The first-order valence-electron chi connectivity index (χ1n) is 4.58. The van der Waals surface area contributed by atoms with E-state index in [-0.39, 0.29) is 22.8 Å². The number of aryl methyl sites for hydroxylation is 1. The van der Waals surface area contributed by atoms with Crippen LogP contribution in [0.25, 0.3) is 11.3 Å². The summed E-state index contributed by atoms with van der Waals surface area (Å²) in [6.45, 7) is 1.53. The number of rotatable bonds is 2. The number of phenols is 1. The van der Waals surface area contributed by atoms with Gasteiger partial charge in [0.15, 0.2) is 0 Å². The van der Waals surface area contributed by atoms with Crippen molar-refractivity contribution in [1.82, 2.24) is 5.16 Å². The molecule has 0 atom stereocenters. The quantitative estimate of drug-likeness (QED) is 0.807. The Morgan fingerprint density at radius 2 is 2.19 bits per heavy atom. The molecule has 0 unspecified atom stereocenters. The maximum Gasteiger partial charge on any atom is 0.341 e. The Bertz CT molecular complexity index is 545. The minimum absolute atomic E-state index is 0.0191. The zero-order valence-corrected chi connectivity index (χ0v) is 8.47. The van der Waals surface area contributed by atoms with Crippen molar-refractivity contribution in [3.63, 3.8) is 0 Å². The molecule has 0 fully saturated rings. The van der Waals surface area contributed by atoms with Crippen LogP contribution < -0.4 is 0 Å². The molecule has 1 heterocycles. The van der Waals surface area contributed by atoms with Crippen molar-refractivity contribution in [2.24, 2.45) is 0 Å². The zero-order valence-electron chi connectivity index (χ0n) is 8.47. The molecule has 16 heavy (non-hydrogen) atoms. The van der Waals surface area contributed by atoms with Gasteiger partial charge in [-0.1, -0.05) is 17.3 Å². The number of hydrogen-bond acceptors (Lipinski definition) is 4. The molecular weight excluding hydrogens is 210 g/mol. The number of aromatic nitrogens is 1. The highest BCUT2D eigenvalue weighted by atomic mass is 16.5. The lowest BCUT2D eigenvalue weighted by atomic mass is 10.1. The number of phenolic OH excluding ortho intramolecular Hbond substituents is 1. The van der Waals surface area contributed by atoms with Crippen LogP contribution >= 0.6 is 0 Å². The van der Waals surface area contributed by atoms with Crippen LogP contribution in [0.15, 0.2) is 28.8 Å². The minimum atomic E-state index is -1.10. The summed E-state index contributed by atoms with van der Waals surface area (Å²) in [6.07, 6.45) is 0. The van der Waals surface area contributed by atoms with Gasteiger partial charge in [-0.3, -0.25) is 0 Å². The van der Waals surface area contributed by atoms with Gasteiger partial charge in [-0.05, 0) is 19.1 Å². The Hall–Kier alpha value is -2.30. The van der Waals surface area contributed by atoms with Crippen LogP contribution in [0.4, 0.5) is 0 Å². The summed E-state index contributed by atoms with van der Waals surface area (Å²) in [5, 5.41) is 22.0. The number of benzene rings is 1. The molecule has 2 aromatic rings. The minimum Gasteiger partial charge on any atom is -0.508 e. The molecular formula is C11H9NO4. The highest BCUT2D eigenvalue weighted by Crippen LogP contribution is 2.27. The molecule has 0 aliphatic heterocycles. The molecule has 0 bridgehead atoms. The van der Waals surface area contributed by atoms with Crippen LogP contribution in [0, 0.1) is 6.92 Å². The highest BCUT2D eigenvalue weighted by molar-refractivity contribution is 5.95. The van der Waals surface area contributed by atoms with E-state index < -0.39 is 5.97 Å². The summed E-state index contributed by atoms with van der Waals surface area (Å²) in [5.74, 6) is -0.808. The predicted octanol–water partition coefficient (Wildman–Crippen LogP) is 2.05. The molecule has 82 valence electrons. The molecule has 0 spiro atoms. The third-order valence-corrected chi connectivity index (χ3v) is 2.20. The van der Waals surface area contributed by atoms with Crippen LogP contribution in [-0.4, -0.2) is 21.3 Å². The molecule has 5 heteroatoms. The third-order valence-electron chi connectivity index (χ3n) is 2.20. The van der Waals surface area contributed by atoms with E-state index in [2.05, 4.69) is 5.16 Å². The summed E-state index contributed by atoms with van der Waals surface area (Å²) >= 11 is 0. The molecule has 5 nitrogen and oxygen atoms in total. The van der Waals surface area contributed by atoms with Gasteiger partial charge in [-0.2, -0.15) is 0 Å². The van der Waals surface area contributed by atoms with E-state index >= 15 is 0 Å². The van der Waals surface area contributed by atoms with Gasteiger partial charge in [0.05, 0.1) is 0 Å². The maximum atomic E-state index is 11.0. The van der Waals surface area contributed by atoms with Gasteiger partial charge < -0.3 is 14.7 Å². The second-order valence-corrected chi connectivity index (χ2v) is 3.32. The Balaban J connectivity index is 2.60. The van der Waals surface area contributed by atoms with Crippen LogP contribution in [0.1, 0.15) is 16.1 Å². The number of carboxylic acids is 1. The standard InChI is InChI=1S/C11H9NO4/c1-6-9(11(14)15)10(12-16-6)7-3-2-4-8(13)5-7/h2-5,13H,1H3,(H,14,15). The van der Waals surface area contributed by atoms with Gasteiger partial charge in [0.25, 0.3) is 0 Å². The van der Waals surface area contributed by atoms with Crippen molar-refractivity contribution < 1.29 is 19.5 Å². The molecule has 0 saturated carbocycles. The molecule has 0 saturated heterocycles. The van der Waals surface area contributed by atoms with Crippen molar-refractivity contribution >= 4 is 5.97 Å². The van der Waals surface area contributed by atoms with Crippen molar-refractivity contribution in [3.8, 4) is 17.0 Å². The van der Waals surface area contributed by atoms with Crippen LogP contribution in [0.2, 0.25) is 0 Å². The fourth-order valence-corrected chi connectivity index (χ4v) is 1.47. The average Bonchev–Trinajstić information content (AvgIpc) is 2.60. The Morgan fingerprint density at radius 1 is 1.44 bits per heavy atom. The lowest BCUT2D eigenvalue weighted by molar-refractivity contribution is 0.0695. The number of carbonyl (C=O) groups is 1. The van der Waals surface area contributed by atoms with Crippen LogP contribution in [0.3, 0.4) is 0 Å². The molecule has 2 N–H and O–H groups in total. The summed E-state index contributed by atoms with van der Waals surface area (Å²) in [6, 6.07) is 6.20. The lowest BCUT2D eigenvalue weighted by Gasteiger charge is -1.98. The maximum absolute atomic E-state index is 11.0. The van der Waals surface area contributed by atoms with Crippen molar-refractivity contribution in [2.75, 3.05) is 0 Å². The smallest absolute Gasteiger partial charge is 0.341 e. The normalized spacial score (nSPS) is 10.3. The molecule has 0 aliphatic rings. The van der Waals surface area contributed by atoms with E-state index in [0.717, 1.165) is 0 Å². The van der Waals surface area contributed by atoms with Gasteiger partial charge in [-0.25, -0.2) is 4.79 Å². The van der Waals surface area contributed by atoms with E-state index in [1.165, 1.54) is 19.1 Å². The SMILES string of the molecule is Cc1onc(-c2cccc(O)c2)c1C(=O)O. The van der Waals surface area contributed by atoms with E-state index in [0.29, 0.717) is 5.56 Å². The molecule has 0 aliphatic carbocycles. The fraction of sp³-hybridized carbons (Fsp3) is 0.0909. The highest BCUT2D eigenvalue weighted by Gasteiger charge is 2.20. The summed E-state index contributed by atoms with van der Waals surface area (Å²) < 4.78 is 4.84.